The van der Waals surface area contributed by atoms with Crippen molar-refractivity contribution in [1.82, 2.24) is 9.80 Å². The van der Waals surface area contributed by atoms with E-state index in [1.807, 2.05) is 61.6 Å². The van der Waals surface area contributed by atoms with Crippen molar-refractivity contribution in [3.05, 3.63) is 54.6 Å². The lowest BCUT2D eigenvalue weighted by molar-refractivity contribution is -0.148. The molecule has 4 aliphatic rings. The number of fused-ring (bicyclic) bond motifs is 2. The first-order chi connectivity index (χ1) is 16.9. The second-order valence-electron chi connectivity index (χ2n) is 9.84. The van der Waals surface area contributed by atoms with E-state index in [-0.39, 0.29) is 36.9 Å². The van der Waals surface area contributed by atoms with Gasteiger partial charge in [-0.1, -0.05) is 55.8 Å². The van der Waals surface area contributed by atoms with Crippen molar-refractivity contribution in [2.24, 2.45) is 11.8 Å². The SMILES string of the molecule is CCCC(C)N1CC=C[C@]23O[C@@H]4C=CCN(c5ccccc5)C(=O)[C@@H]4[C@H]2C(=O)N(CCO)C3C1=O. The van der Waals surface area contributed by atoms with Gasteiger partial charge in [0.25, 0.3) is 0 Å². The molecule has 0 aliphatic carbocycles. The lowest BCUT2D eigenvalue weighted by atomic mass is 9.77. The zero-order valence-electron chi connectivity index (χ0n) is 20.2. The van der Waals surface area contributed by atoms with Crippen LogP contribution in [-0.2, 0) is 19.1 Å². The lowest BCUT2D eigenvalue weighted by Crippen LogP contribution is -2.57. The highest BCUT2D eigenvalue weighted by Crippen LogP contribution is 2.53. The first-order valence-electron chi connectivity index (χ1n) is 12.5. The maximum absolute atomic E-state index is 14.0. The Bertz CT molecular complexity index is 1060. The smallest absolute Gasteiger partial charge is 0.249 e. The van der Waals surface area contributed by atoms with Crippen LogP contribution in [0.15, 0.2) is 54.6 Å². The summed E-state index contributed by atoms with van der Waals surface area (Å²) in [5.74, 6) is -2.28. The Kier molecular flexibility index (Phi) is 6.27. The number of carbonyl (C=O) groups is 3. The molecule has 0 bridgehead atoms. The third-order valence-electron chi connectivity index (χ3n) is 7.84. The molecule has 4 aliphatic heterocycles. The summed E-state index contributed by atoms with van der Waals surface area (Å²) in [7, 11) is 0. The van der Waals surface area contributed by atoms with Crippen LogP contribution in [0.3, 0.4) is 0 Å². The number of ether oxygens (including phenoxy) is 1. The van der Waals surface area contributed by atoms with Gasteiger partial charge in [0.05, 0.1) is 24.5 Å². The number of likely N-dealkylation sites (tertiary alicyclic amines) is 1. The van der Waals surface area contributed by atoms with Gasteiger partial charge in [0.15, 0.2) is 0 Å². The van der Waals surface area contributed by atoms with Crippen LogP contribution in [0.4, 0.5) is 5.69 Å². The standard InChI is InChI=1S/C27H33N3O5/c1-3-9-18(2)28-15-8-13-27-22(25(33)30(16-17-31)23(27)26(28)34)21-20(35-27)12-7-14-29(24(21)32)19-10-5-4-6-11-19/h4-8,10-13,18,20-23,31H,3,9,14-17H2,1-2H3/t18?,20-,21+,22+,23?,27+/m1/s1. The third-order valence-corrected chi connectivity index (χ3v) is 7.84. The molecule has 5 rings (SSSR count). The number of nitrogens with zero attached hydrogens (tertiary/aromatic N) is 3. The van der Waals surface area contributed by atoms with E-state index < -0.39 is 29.6 Å². The molecule has 3 amide bonds. The number of hydrogen-bond acceptors (Lipinski definition) is 5. The highest BCUT2D eigenvalue weighted by atomic mass is 16.5. The van der Waals surface area contributed by atoms with Gasteiger partial charge in [-0.25, -0.2) is 0 Å². The van der Waals surface area contributed by atoms with Crippen LogP contribution in [0.2, 0.25) is 0 Å². The molecule has 35 heavy (non-hydrogen) atoms. The van der Waals surface area contributed by atoms with Gasteiger partial charge in [0.1, 0.15) is 11.6 Å². The van der Waals surface area contributed by atoms with Crippen molar-refractivity contribution in [2.45, 2.75) is 50.5 Å². The van der Waals surface area contributed by atoms with E-state index in [1.165, 1.54) is 4.90 Å². The molecule has 0 aromatic heterocycles. The van der Waals surface area contributed by atoms with Crippen LogP contribution in [0.25, 0.3) is 0 Å². The summed E-state index contributed by atoms with van der Waals surface area (Å²) >= 11 is 0. The molecule has 2 unspecified atom stereocenters. The molecule has 4 heterocycles. The molecule has 8 heteroatoms. The summed E-state index contributed by atoms with van der Waals surface area (Å²) in [6.45, 7) is 4.64. The second-order valence-corrected chi connectivity index (χ2v) is 9.84. The Balaban J connectivity index is 1.58. The molecule has 2 saturated heterocycles. The first-order valence-corrected chi connectivity index (χ1v) is 12.5. The summed E-state index contributed by atoms with van der Waals surface area (Å²) in [5, 5.41) is 9.77. The predicted molar refractivity (Wildman–Crippen MR) is 130 cm³/mol. The minimum Gasteiger partial charge on any atom is -0.395 e. The number of para-hydroxylation sites is 1. The monoisotopic (exact) mass is 479 g/mol. The molecular weight excluding hydrogens is 446 g/mol. The maximum atomic E-state index is 14.0. The van der Waals surface area contributed by atoms with Gasteiger partial charge >= 0.3 is 0 Å². The van der Waals surface area contributed by atoms with Crippen molar-refractivity contribution >= 4 is 23.4 Å². The van der Waals surface area contributed by atoms with Crippen molar-refractivity contribution in [2.75, 3.05) is 31.1 Å². The van der Waals surface area contributed by atoms with Gasteiger partial charge in [-0.2, -0.15) is 0 Å². The molecule has 1 spiro atoms. The predicted octanol–water partition coefficient (Wildman–Crippen LogP) is 1.75. The number of aliphatic hydroxyl groups excluding tert-OH is 1. The maximum Gasteiger partial charge on any atom is 0.249 e. The summed E-state index contributed by atoms with van der Waals surface area (Å²) < 4.78 is 6.59. The van der Waals surface area contributed by atoms with E-state index in [0.29, 0.717) is 13.1 Å². The molecule has 2 fully saturated rings. The normalized spacial score (nSPS) is 32.9. The average molecular weight is 480 g/mol. The van der Waals surface area contributed by atoms with Gasteiger partial charge in [0.2, 0.25) is 17.7 Å². The van der Waals surface area contributed by atoms with Gasteiger partial charge in [0, 0.05) is 31.4 Å². The van der Waals surface area contributed by atoms with E-state index in [2.05, 4.69) is 6.92 Å². The summed E-state index contributed by atoms with van der Waals surface area (Å²) in [5.41, 5.74) is -0.496. The third kappa shape index (κ3) is 3.62. The highest BCUT2D eigenvalue weighted by molar-refractivity contribution is 6.03. The van der Waals surface area contributed by atoms with Crippen LogP contribution in [0.1, 0.15) is 26.7 Å². The lowest BCUT2D eigenvalue weighted by Gasteiger charge is -2.37. The largest absolute Gasteiger partial charge is 0.395 e. The zero-order chi connectivity index (χ0) is 24.7. The number of hydrogen-bond donors (Lipinski definition) is 1. The zero-order valence-corrected chi connectivity index (χ0v) is 20.2. The quantitative estimate of drug-likeness (QED) is 0.628. The van der Waals surface area contributed by atoms with Crippen LogP contribution in [-0.4, -0.2) is 82.7 Å². The number of benzene rings is 1. The number of amides is 3. The van der Waals surface area contributed by atoms with Crippen LogP contribution < -0.4 is 4.90 Å². The van der Waals surface area contributed by atoms with Crippen molar-refractivity contribution in [3.63, 3.8) is 0 Å². The molecule has 6 atom stereocenters. The molecule has 8 nitrogen and oxygen atoms in total. The minimum atomic E-state index is -1.25. The molecule has 1 aromatic rings. The van der Waals surface area contributed by atoms with E-state index in [4.69, 9.17) is 4.74 Å². The van der Waals surface area contributed by atoms with Crippen molar-refractivity contribution < 1.29 is 24.2 Å². The van der Waals surface area contributed by atoms with Gasteiger partial charge in [-0.15, -0.1) is 0 Å². The molecule has 0 saturated carbocycles. The van der Waals surface area contributed by atoms with Gasteiger partial charge in [-0.05, 0) is 25.5 Å². The Hall–Kier alpha value is -2.97. The van der Waals surface area contributed by atoms with Crippen LogP contribution in [0.5, 0.6) is 0 Å². The Morgan fingerprint density at radius 2 is 1.86 bits per heavy atom. The molecular formula is C27H33N3O5. The number of carbonyl (C=O) groups excluding carboxylic acids is 3. The number of β-amino-alcohol motifs (C(OH)–C–C–N with tert-alkyl or cyclic N) is 1. The Morgan fingerprint density at radius 3 is 2.57 bits per heavy atom. The van der Waals surface area contributed by atoms with Crippen LogP contribution >= 0.6 is 0 Å². The number of anilines is 1. The molecule has 0 radical (unpaired) electrons. The van der Waals surface area contributed by atoms with Gasteiger partial charge < -0.3 is 24.5 Å². The molecule has 1 aromatic carbocycles. The van der Waals surface area contributed by atoms with E-state index in [0.717, 1.165) is 18.5 Å². The second kappa shape index (κ2) is 9.24. The Labute approximate surface area is 205 Å². The van der Waals surface area contributed by atoms with E-state index in [1.54, 1.807) is 9.80 Å². The Morgan fingerprint density at radius 1 is 1.09 bits per heavy atom. The number of aliphatic hydroxyl groups is 1. The molecule has 1 N–H and O–H groups in total. The van der Waals surface area contributed by atoms with Crippen LogP contribution in [0, 0.1) is 11.8 Å². The fourth-order valence-electron chi connectivity index (χ4n) is 6.31. The molecule has 186 valence electrons. The number of rotatable bonds is 6. The fraction of sp³-hybridized carbons (Fsp3) is 0.519. The fourth-order valence-corrected chi connectivity index (χ4v) is 6.31. The highest BCUT2D eigenvalue weighted by Gasteiger charge is 2.71. The summed E-state index contributed by atoms with van der Waals surface area (Å²) in [4.78, 5) is 46.7. The minimum absolute atomic E-state index is 0.000547. The van der Waals surface area contributed by atoms with Gasteiger partial charge in [-0.3, -0.25) is 14.4 Å². The summed E-state index contributed by atoms with van der Waals surface area (Å²) in [6.07, 6.45) is 8.67. The summed E-state index contributed by atoms with van der Waals surface area (Å²) in [6, 6.07) is 8.47. The topological polar surface area (TPSA) is 90.4 Å². The van der Waals surface area contributed by atoms with E-state index in [9.17, 15) is 19.5 Å². The van der Waals surface area contributed by atoms with Crippen molar-refractivity contribution in [1.29, 1.82) is 0 Å². The van der Waals surface area contributed by atoms with Crippen molar-refractivity contribution in [3.8, 4) is 0 Å². The average Bonchev–Trinajstić information content (AvgIpc) is 3.15. The van der Waals surface area contributed by atoms with E-state index >= 15 is 0 Å². The first kappa shape index (κ1) is 23.8.